The Labute approximate surface area is 119 Å². The third-order valence-corrected chi connectivity index (χ3v) is 5.00. The maximum Gasteiger partial charge on any atom is 0.00915 e. The van der Waals surface area contributed by atoms with Gasteiger partial charge in [-0.25, -0.2) is 0 Å². The maximum atomic E-state index is 3.83. The van der Waals surface area contributed by atoms with E-state index in [1.54, 1.807) is 0 Å². The first-order valence-electron chi connectivity index (χ1n) is 8.27. The monoisotopic (exact) mass is 267 g/mol. The zero-order chi connectivity index (χ0) is 13.8. The van der Waals surface area contributed by atoms with Gasteiger partial charge in [-0.2, -0.15) is 0 Å². The number of hydrogen-bond acceptors (Lipinski definition) is 3. The average Bonchev–Trinajstić information content (AvgIpc) is 2.86. The third kappa shape index (κ3) is 4.44. The van der Waals surface area contributed by atoms with Gasteiger partial charge in [0.15, 0.2) is 0 Å². The van der Waals surface area contributed by atoms with Gasteiger partial charge in [0.1, 0.15) is 0 Å². The van der Waals surface area contributed by atoms with Crippen molar-refractivity contribution in [3.8, 4) is 0 Å². The molecule has 0 bridgehead atoms. The van der Waals surface area contributed by atoms with Gasteiger partial charge in [-0.1, -0.05) is 0 Å². The van der Waals surface area contributed by atoms with Crippen LogP contribution < -0.4 is 5.32 Å². The molecular weight excluding hydrogens is 234 g/mol. The van der Waals surface area contributed by atoms with Crippen molar-refractivity contribution in [1.29, 1.82) is 0 Å². The number of hydrogen-bond donors (Lipinski definition) is 1. The summed E-state index contributed by atoms with van der Waals surface area (Å²) in [5, 5.41) is 3.83. The lowest BCUT2D eigenvalue weighted by molar-refractivity contribution is 0.159. The summed E-state index contributed by atoms with van der Waals surface area (Å²) in [6.07, 6.45) is 4.05. The van der Waals surface area contributed by atoms with Crippen molar-refractivity contribution in [3.05, 3.63) is 0 Å². The highest BCUT2D eigenvalue weighted by molar-refractivity contribution is 4.83. The minimum atomic E-state index is 0.718. The molecule has 1 unspecified atom stereocenters. The van der Waals surface area contributed by atoms with Crippen molar-refractivity contribution in [2.24, 2.45) is 5.92 Å². The van der Waals surface area contributed by atoms with E-state index in [0.29, 0.717) is 0 Å². The van der Waals surface area contributed by atoms with Gasteiger partial charge in [-0.15, -0.1) is 0 Å². The van der Waals surface area contributed by atoms with Gasteiger partial charge in [-0.3, -0.25) is 0 Å². The van der Waals surface area contributed by atoms with E-state index in [4.69, 9.17) is 0 Å². The summed E-state index contributed by atoms with van der Waals surface area (Å²) in [5.41, 5.74) is 0. The number of nitrogens with zero attached hydrogens (tertiary/aromatic N) is 2. The highest BCUT2D eigenvalue weighted by Gasteiger charge is 2.26. The van der Waals surface area contributed by atoms with Crippen LogP contribution in [0.2, 0.25) is 0 Å². The molecule has 3 heteroatoms. The number of rotatable bonds is 5. The Bertz CT molecular complexity index is 257. The van der Waals surface area contributed by atoms with Crippen LogP contribution in [-0.2, 0) is 0 Å². The number of nitrogens with one attached hydrogen (secondary N) is 1. The van der Waals surface area contributed by atoms with Crippen molar-refractivity contribution < 1.29 is 0 Å². The fraction of sp³-hybridized carbons (Fsp3) is 1.00. The molecule has 0 spiro atoms. The lowest BCUT2D eigenvalue weighted by Crippen LogP contribution is -2.46. The summed E-state index contributed by atoms with van der Waals surface area (Å²) in [6, 6.07) is 2.21. The van der Waals surface area contributed by atoms with Crippen molar-refractivity contribution in [1.82, 2.24) is 15.1 Å². The smallest absolute Gasteiger partial charge is 0.00915 e. The molecule has 0 saturated carbocycles. The molecule has 2 heterocycles. The van der Waals surface area contributed by atoms with Gasteiger partial charge in [0.05, 0.1) is 0 Å². The van der Waals surface area contributed by atoms with Crippen LogP contribution in [0.25, 0.3) is 0 Å². The van der Waals surface area contributed by atoms with Crippen molar-refractivity contribution in [2.75, 3.05) is 32.7 Å². The predicted octanol–water partition coefficient (Wildman–Crippen LogP) is 2.18. The summed E-state index contributed by atoms with van der Waals surface area (Å²) in [7, 11) is 0. The Kier molecular flexibility index (Phi) is 5.67. The summed E-state index contributed by atoms with van der Waals surface area (Å²) >= 11 is 0. The molecule has 0 aliphatic carbocycles. The zero-order valence-electron chi connectivity index (χ0n) is 13.4. The molecule has 0 amide bonds. The van der Waals surface area contributed by atoms with E-state index in [9.17, 15) is 0 Å². The van der Waals surface area contributed by atoms with E-state index in [1.807, 2.05) is 0 Å². The Morgan fingerprint density at radius 1 is 0.895 bits per heavy atom. The lowest BCUT2D eigenvalue weighted by atomic mass is 10.0. The SMILES string of the molecule is CC(C)N1CCC(NCC2CCN(C(C)C)C2)CC1. The van der Waals surface area contributed by atoms with E-state index >= 15 is 0 Å². The Balaban J connectivity index is 1.62. The van der Waals surface area contributed by atoms with Gasteiger partial charge < -0.3 is 15.1 Å². The van der Waals surface area contributed by atoms with E-state index in [-0.39, 0.29) is 0 Å². The van der Waals surface area contributed by atoms with Gasteiger partial charge in [0, 0.05) is 24.7 Å². The number of likely N-dealkylation sites (tertiary alicyclic amines) is 2. The lowest BCUT2D eigenvalue weighted by Gasteiger charge is -2.35. The molecule has 2 saturated heterocycles. The quantitative estimate of drug-likeness (QED) is 0.824. The molecule has 19 heavy (non-hydrogen) atoms. The largest absolute Gasteiger partial charge is 0.314 e. The minimum absolute atomic E-state index is 0.718. The molecule has 1 N–H and O–H groups in total. The summed E-state index contributed by atoms with van der Waals surface area (Å²) in [5.74, 6) is 0.880. The van der Waals surface area contributed by atoms with Crippen LogP contribution >= 0.6 is 0 Å². The Hall–Kier alpha value is -0.120. The molecular formula is C16H33N3. The van der Waals surface area contributed by atoms with Gasteiger partial charge in [0.25, 0.3) is 0 Å². The first kappa shape index (κ1) is 15.3. The molecule has 2 aliphatic heterocycles. The second-order valence-electron chi connectivity index (χ2n) is 7.06. The van der Waals surface area contributed by atoms with Crippen molar-refractivity contribution in [2.45, 2.75) is 65.1 Å². The fourth-order valence-corrected chi connectivity index (χ4v) is 3.45. The maximum absolute atomic E-state index is 3.83. The third-order valence-electron chi connectivity index (χ3n) is 5.00. The van der Waals surface area contributed by atoms with Crippen LogP contribution in [0.3, 0.4) is 0 Å². The summed E-state index contributed by atoms with van der Waals surface area (Å²) < 4.78 is 0. The van der Waals surface area contributed by atoms with Gasteiger partial charge in [0.2, 0.25) is 0 Å². The van der Waals surface area contributed by atoms with E-state index in [2.05, 4.69) is 42.8 Å². The molecule has 0 aromatic rings. The van der Waals surface area contributed by atoms with Crippen LogP contribution in [0.1, 0.15) is 47.0 Å². The highest BCUT2D eigenvalue weighted by Crippen LogP contribution is 2.19. The normalized spacial score (nSPS) is 27.8. The van der Waals surface area contributed by atoms with Crippen LogP contribution in [0.15, 0.2) is 0 Å². The summed E-state index contributed by atoms with van der Waals surface area (Å²) in [4.78, 5) is 5.22. The minimum Gasteiger partial charge on any atom is -0.314 e. The average molecular weight is 267 g/mol. The number of piperidine rings is 1. The molecule has 2 fully saturated rings. The molecule has 2 aliphatic rings. The second-order valence-corrected chi connectivity index (χ2v) is 7.06. The van der Waals surface area contributed by atoms with Gasteiger partial charge >= 0.3 is 0 Å². The van der Waals surface area contributed by atoms with E-state index in [0.717, 1.165) is 24.0 Å². The topological polar surface area (TPSA) is 18.5 Å². The predicted molar refractivity (Wildman–Crippen MR) is 82.5 cm³/mol. The Morgan fingerprint density at radius 2 is 1.47 bits per heavy atom. The molecule has 3 nitrogen and oxygen atoms in total. The van der Waals surface area contributed by atoms with Gasteiger partial charge in [-0.05, 0) is 79.1 Å². The van der Waals surface area contributed by atoms with Crippen molar-refractivity contribution in [3.63, 3.8) is 0 Å². The first-order chi connectivity index (χ1) is 9.06. The van der Waals surface area contributed by atoms with Crippen LogP contribution in [-0.4, -0.2) is 60.6 Å². The van der Waals surface area contributed by atoms with E-state index < -0.39 is 0 Å². The van der Waals surface area contributed by atoms with Crippen molar-refractivity contribution >= 4 is 0 Å². The van der Waals surface area contributed by atoms with Crippen LogP contribution in [0.4, 0.5) is 0 Å². The molecule has 1 atom stereocenters. The highest BCUT2D eigenvalue weighted by atomic mass is 15.2. The first-order valence-corrected chi connectivity index (χ1v) is 8.27. The summed E-state index contributed by atoms with van der Waals surface area (Å²) in [6.45, 7) is 15.6. The standard InChI is InChI=1S/C16H33N3/c1-13(2)18-9-6-16(7-10-18)17-11-15-5-8-19(12-15)14(3)4/h13-17H,5-12H2,1-4H3. The molecule has 0 radical (unpaired) electrons. The Morgan fingerprint density at radius 3 is 2.00 bits per heavy atom. The second kappa shape index (κ2) is 7.05. The van der Waals surface area contributed by atoms with Crippen LogP contribution in [0.5, 0.6) is 0 Å². The zero-order valence-corrected chi connectivity index (χ0v) is 13.4. The van der Waals surface area contributed by atoms with Crippen LogP contribution in [0, 0.1) is 5.92 Å². The molecule has 2 rings (SSSR count). The molecule has 112 valence electrons. The van der Waals surface area contributed by atoms with E-state index in [1.165, 1.54) is 52.0 Å². The molecule has 0 aromatic heterocycles. The molecule has 0 aromatic carbocycles. The fourth-order valence-electron chi connectivity index (χ4n) is 3.45.